The van der Waals surface area contributed by atoms with Crippen LogP contribution in [0.5, 0.6) is 0 Å². The lowest BCUT2D eigenvalue weighted by molar-refractivity contribution is -0.146. The normalized spacial score (nSPS) is 11.4. The number of ether oxygens (including phenoxy) is 1. The molecule has 25 heavy (non-hydrogen) atoms. The lowest BCUT2D eigenvalue weighted by Gasteiger charge is -2.13. The number of ketones is 1. The van der Waals surface area contributed by atoms with Gasteiger partial charge in [0.1, 0.15) is 0 Å². The molecule has 0 saturated heterocycles. The van der Waals surface area contributed by atoms with Gasteiger partial charge in [-0.15, -0.1) is 0 Å². The van der Waals surface area contributed by atoms with Gasteiger partial charge >= 0.3 is 5.97 Å². The standard InChI is InChI=1S/C20H21NO4/c1-14-8-6-7-11-17(14)20(24)21-13-12-18(22)25-15(2)19(23)16-9-4-3-5-10-16/h3-11,15H,12-13H2,1-2H3,(H,21,24)/t15-/m0/s1. The second kappa shape index (κ2) is 8.78. The highest BCUT2D eigenvalue weighted by molar-refractivity contribution is 6.00. The van der Waals surface area contributed by atoms with Crippen LogP contribution in [0, 0.1) is 6.92 Å². The Kier molecular flexibility index (Phi) is 6.46. The zero-order valence-corrected chi connectivity index (χ0v) is 14.3. The third kappa shape index (κ3) is 5.28. The Balaban J connectivity index is 1.78. The molecule has 0 bridgehead atoms. The quantitative estimate of drug-likeness (QED) is 0.622. The van der Waals surface area contributed by atoms with Gasteiger partial charge in [0.15, 0.2) is 6.10 Å². The first-order chi connectivity index (χ1) is 12.0. The highest BCUT2D eigenvalue weighted by atomic mass is 16.5. The third-order valence-electron chi connectivity index (χ3n) is 3.74. The van der Waals surface area contributed by atoms with Crippen molar-refractivity contribution in [1.29, 1.82) is 0 Å². The second-order valence-electron chi connectivity index (χ2n) is 5.68. The summed E-state index contributed by atoms with van der Waals surface area (Å²) in [6, 6.07) is 15.9. The van der Waals surface area contributed by atoms with Gasteiger partial charge in [0.25, 0.3) is 5.91 Å². The van der Waals surface area contributed by atoms with Gasteiger partial charge in [0.05, 0.1) is 6.42 Å². The third-order valence-corrected chi connectivity index (χ3v) is 3.74. The topological polar surface area (TPSA) is 72.5 Å². The number of aryl methyl sites for hydroxylation is 1. The molecule has 2 rings (SSSR count). The van der Waals surface area contributed by atoms with Crippen molar-refractivity contribution in [3.63, 3.8) is 0 Å². The van der Waals surface area contributed by atoms with Crippen LogP contribution in [0.4, 0.5) is 0 Å². The van der Waals surface area contributed by atoms with E-state index in [0.717, 1.165) is 5.56 Å². The predicted molar refractivity (Wildman–Crippen MR) is 94.5 cm³/mol. The van der Waals surface area contributed by atoms with Crippen molar-refractivity contribution in [2.75, 3.05) is 6.54 Å². The molecule has 0 radical (unpaired) electrons. The van der Waals surface area contributed by atoms with Crippen LogP contribution in [-0.4, -0.2) is 30.3 Å². The van der Waals surface area contributed by atoms with Crippen LogP contribution in [-0.2, 0) is 9.53 Å². The van der Waals surface area contributed by atoms with Gasteiger partial charge in [-0.05, 0) is 25.5 Å². The number of hydrogen-bond donors (Lipinski definition) is 1. The Bertz CT molecular complexity index is 755. The molecule has 0 heterocycles. The summed E-state index contributed by atoms with van der Waals surface area (Å²) in [5.41, 5.74) is 1.93. The molecule has 0 aliphatic rings. The monoisotopic (exact) mass is 339 g/mol. The molecular formula is C20H21NO4. The van der Waals surface area contributed by atoms with E-state index in [2.05, 4.69) is 5.32 Å². The van der Waals surface area contributed by atoms with Gasteiger partial charge in [0, 0.05) is 17.7 Å². The molecule has 5 heteroatoms. The van der Waals surface area contributed by atoms with Crippen LogP contribution in [0.3, 0.4) is 0 Å². The zero-order chi connectivity index (χ0) is 18.2. The number of esters is 1. The SMILES string of the molecule is Cc1ccccc1C(=O)NCCC(=O)O[C@@H](C)C(=O)c1ccccc1. The Hall–Kier alpha value is -2.95. The largest absolute Gasteiger partial charge is 0.454 e. The summed E-state index contributed by atoms with van der Waals surface area (Å²) in [4.78, 5) is 36.0. The Morgan fingerprint density at radius 1 is 1.00 bits per heavy atom. The van der Waals surface area contributed by atoms with Crippen molar-refractivity contribution >= 4 is 17.7 Å². The number of benzene rings is 2. The lowest BCUT2D eigenvalue weighted by Crippen LogP contribution is -2.29. The number of carbonyl (C=O) groups is 3. The number of rotatable bonds is 7. The van der Waals surface area contributed by atoms with Crippen LogP contribution >= 0.6 is 0 Å². The fraction of sp³-hybridized carbons (Fsp3) is 0.250. The maximum absolute atomic E-state index is 12.1. The van der Waals surface area contributed by atoms with E-state index < -0.39 is 12.1 Å². The molecule has 0 aliphatic heterocycles. The maximum Gasteiger partial charge on any atom is 0.308 e. The van der Waals surface area contributed by atoms with Gasteiger partial charge in [-0.3, -0.25) is 14.4 Å². The van der Waals surface area contributed by atoms with E-state index in [4.69, 9.17) is 4.74 Å². The number of Topliss-reactive ketones (excluding diaryl/α,β-unsaturated/α-hetero) is 1. The minimum absolute atomic E-state index is 0.00400. The van der Waals surface area contributed by atoms with Gasteiger partial charge in [0.2, 0.25) is 5.78 Å². The highest BCUT2D eigenvalue weighted by Gasteiger charge is 2.19. The minimum Gasteiger partial charge on any atom is -0.454 e. The molecule has 130 valence electrons. The van der Waals surface area contributed by atoms with E-state index in [1.165, 1.54) is 0 Å². The number of hydrogen-bond acceptors (Lipinski definition) is 4. The molecule has 1 N–H and O–H groups in total. The maximum atomic E-state index is 12.1. The van der Waals surface area contributed by atoms with Crippen LogP contribution < -0.4 is 5.32 Å². The molecular weight excluding hydrogens is 318 g/mol. The van der Waals surface area contributed by atoms with Crippen molar-refractivity contribution in [2.24, 2.45) is 0 Å². The molecule has 2 aromatic rings. The zero-order valence-electron chi connectivity index (χ0n) is 14.3. The van der Waals surface area contributed by atoms with Gasteiger partial charge in [-0.25, -0.2) is 0 Å². The lowest BCUT2D eigenvalue weighted by atomic mass is 10.1. The summed E-state index contributed by atoms with van der Waals surface area (Å²) in [6.45, 7) is 3.54. The molecule has 0 aromatic heterocycles. The van der Waals surface area contributed by atoms with Gasteiger partial charge in [-0.2, -0.15) is 0 Å². The van der Waals surface area contributed by atoms with E-state index in [1.807, 2.05) is 25.1 Å². The van der Waals surface area contributed by atoms with Crippen molar-refractivity contribution < 1.29 is 19.1 Å². The summed E-state index contributed by atoms with van der Waals surface area (Å²) in [6.07, 6.45) is -0.855. The average Bonchev–Trinajstić information content (AvgIpc) is 2.62. The minimum atomic E-state index is -0.859. The smallest absolute Gasteiger partial charge is 0.308 e. The average molecular weight is 339 g/mol. The van der Waals surface area contributed by atoms with Crippen molar-refractivity contribution in [1.82, 2.24) is 5.32 Å². The second-order valence-corrected chi connectivity index (χ2v) is 5.68. The first-order valence-electron chi connectivity index (χ1n) is 8.11. The van der Waals surface area contributed by atoms with Crippen LogP contribution in [0.1, 0.15) is 39.6 Å². The van der Waals surface area contributed by atoms with E-state index in [9.17, 15) is 14.4 Å². The summed E-state index contributed by atoms with van der Waals surface area (Å²) in [7, 11) is 0. The predicted octanol–water partition coefficient (Wildman–Crippen LogP) is 2.93. The molecule has 1 amide bonds. The summed E-state index contributed by atoms with van der Waals surface area (Å²) in [5, 5.41) is 2.68. The Morgan fingerprint density at radius 3 is 2.32 bits per heavy atom. The van der Waals surface area contributed by atoms with Crippen LogP contribution in [0.2, 0.25) is 0 Å². The van der Waals surface area contributed by atoms with Crippen molar-refractivity contribution in [3.05, 3.63) is 71.3 Å². The fourth-order valence-corrected chi connectivity index (χ4v) is 2.35. The van der Waals surface area contributed by atoms with Gasteiger partial charge in [-0.1, -0.05) is 48.5 Å². The summed E-state index contributed by atoms with van der Waals surface area (Å²) < 4.78 is 5.14. The molecule has 0 fully saturated rings. The Labute approximate surface area is 147 Å². The highest BCUT2D eigenvalue weighted by Crippen LogP contribution is 2.08. The molecule has 0 unspecified atom stereocenters. The molecule has 0 saturated carbocycles. The fourth-order valence-electron chi connectivity index (χ4n) is 2.35. The Morgan fingerprint density at radius 2 is 1.64 bits per heavy atom. The summed E-state index contributed by atoms with van der Waals surface area (Å²) >= 11 is 0. The van der Waals surface area contributed by atoms with E-state index >= 15 is 0 Å². The van der Waals surface area contributed by atoms with E-state index in [-0.39, 0.29) is 24.7 Å². The molecule has 5 nitrogen and oxygen atoms in total. The van der Waals surface area contributed by atoms with E-state index in [0.29, 0.717) is 11.1 Å². The van der Waals surface area contributed by atoms with Crippen molar-refractivity contribution in [3.8, 4) is 0 Å². The number of carbonyl (C=O) groups excluding carboxylic acids is 3. The van der Waals surface area contributed by atoms with E-state index in [1.54, 1.807) is 43.3 Å². The molecule has 0 spiro atoms. The number of nitrogens with one attached hydrogen (secondary N) is 1. The van der Waals surface area contributed by atoms with Crippen LogP contribution in [0.25, 0.3) is 0 Å². The molecule has 1 atom stereocenters. The summed E-state index contributed by atoms with van der Waals surface area (Å²) in [5.74, 6) is -1.01. The molecule has 2 aromatic carbocycles. The first-order valence-corrected chi connectivity index (χ1v) is 8.11. The van der Waals surface area contributed by atoms with Crippen LogP contribution in [0.15, 0.2) is 54.6 Å². The first kappa shape index (κ1) is 18.4. The van der Waals surface area contributed by atoms with Crippen molar-refractivity contribution in [2.45, 2.75) is 26.4 Å². The van der Waals surface area contributed by atoms with Gasteiger partial charge < -0.3 is 10.1 Å². The number of amides is 1. The molecule has 0 aliphatic carbocycles.